The molecule has 3 N–H and O–H groups in total. The van der Waals surface area contributed by atoms with Gasteiger partial charge < -0.3 is 5.73 Å². The number of benzene rings is 2. The van der Waals surface area contributed by atoms with Crippen LogP contribution in [-0.2, 0) is 0 Å². The van der Waals surface area contributed by atoms with E-state index >= 15 is 0 Å². The third kappa shape index (κ3) is 3.87. The molecule has 0 aliphatic carbocycles. The molecule has 106 valence electrons. The lowest BCUT2D eigenvalue weighted by atomic mass is 10.2. The molecule has 7 heteroatoms. The van der Waals surface area contributed by atoms with Crippen molar-refractivity contribution < 1.29 is 9.72 Å². The molecule has 0 aromatic heterocycles. The van der Waals surface area contributed by atoms with Crippen LogP contribution < -0.4 is 11.2 Å². The molecule has 1 amide bonds. The SMILES string of the molecule is Nc1cccc(C(=O)N/N=C/c2ccc([N+](=O)[O-])cc2)c1. The minimum absolute atomic E-state index is 0.00375. The van der Waals surface area contributed by atoms with Crippen LogP contribution in [0.15, 0.2) is 53.6 Å². The molecule has 0 heterocycles. The van der Waals surface area contributed by atoms with Gasteiger partial charge in [-0.05, 0) is 35.9 Å². The smallest absolute Gasteiger partial charge is 0.271 e. The summed E-state index contributed by atoms with van der Waals surface area (Å²) in [7, 11) is 0. The van der Waals surface area contributed by atoms with E-state index < -0.39 is 4.92 Å². The first-order valence-corrected chi connectivity index (χ1v) is 5.99. The second-order valence-electron chi connectivity index (χ2n) is 4.17. The van der Waals surface area contributed by atoms with E-state index in [1.165, 1.54) is 36.5 Å². The number of hydrogen-bond donors (Lipinski definition) is 2. The number of nitrogens with one attached hydrogen (secondary N) is 1. The lowest BCUT2D eigenvalue weighted by molar-refractivity contribution is -0.384. The Morgan fingerprint density at radius 2 is 1.95 bits per heavy atom. The van der Waals surface area contributed by atoms with Gasteiger partial charge in [0.1, 0.15) is 0 Å². The lowest BCUT2D eigenvalue weighted by Crippen LogP contribution is -2.17. The van der Waals surface area contributed by atoms with Crippen molar-refractivity contribution in [2.45, 2.75) is 0 Å². The van der Waals surface area contributed by atoms with Crippen molar-refractivity contribution >= 4 is 23.5 Å². The molecule has 0 fully saturated rings. The van der Waals surface area contributed by atoms with E-state index in [1.54, 1.807) is 18.2 Å². The van der Waals surface area contributed by atoms with Crippen LogP contribution in [0.4, 0.5) is 11.4 Å². The minimum Gasteiger partial charge on any atom is -0.399 e. The Balaban J connectivity index is 1.99. The van der Waals surface area contributed by atoms with Gasteiger partial charge in [-0.3, -0.25) is 14.9 Å². The van der Waals surface area contributed by atoms with Gasteiger partial charge in [-0.15, -0.1) is 0 Å². The number of carbonyl (C=O) groups excluding carboxylic acids is 1. The van der Waals surface area contributed by atoms with Crippen molar-refractivity contribution in [2.24, 2.45) is 5.10 Å². The van der Waals surface area contributed by atoms with Crippen molar-refractivity contribution in [1.82, 2.24) is 5.43 Å². The number of nitrogens with two attached hydrogens (primary N) is 1. The number of hydrazone groups is 1. The number of hydrogen-bond acceptors (Lipinski definition) is 5. The monoisotopic (exact) mass is 284 g/mol. The largest absolute Gasteiger partial charge is 0.399 e. The Bertz CT molecular complexity index is 696. The van der Waals surface area contributed by atoms with Crippen molar-refractivity contribution in [3.05, 3.63) is 69.8 Å². The van der Waals surface area contributed by atoms with Crippen LogP contribution in [0, 0.1) is 10.1 Å². The Morgan fingerprint density at radius 3 is 2.57 bits per heavy atom. The Kier molecular flexibility index (Phi) is 4.25. The highest BCUT2D eigenvalue weighted by atomic mass is 16.6. The maximum Gasteiger partial charge on any atom is 0.271 e. The van der Waals surface area contributed by atoms with Gasteiger partial charge in [0.25, 0.3) is 11.6 Å². The molecule has 0 saturated carbocycles. The van der Waals surface area contributed by atoms with Crippen LogP contribution >= 0.6 is 0 Å². The van der Waals surface area contributed by atoms with Crippen LogP contribution in [0.2, 0.25) is 0 Å². The van der Waals surface area contributed by atoms with Crippen LogP contribution in [0.1, 0.15) is 15.9 Å². The molecule has 2 aromatic rings. The molecular weight excluding hydrogens is 272 g/mol. The van der Waals surface area contributed by atoms with Crippen molar-refractivity contribution in [3.63, 3.8) is 0 Å². The second-order valence-corrected chi connectivity index (χ2v) is 4.17. The average Bonchev–Trinajstić information content (AvgIpc) is 2.47. The average molecular weight is 284 g/mol. The number of non-ortho nitro benzene ring substituents is 1. The van der Waals surface area contributed by atoms with Gasteiger partial charge in [0.05, 0.1) is 11.1 Å². The highest BCUT2D eigenvalue weighted by molar-refractivity contribution is 5.95. The standard InChI is InChI=1S/C14H12N4O3/c15-12-3-1-2-11(8-12)14(19)17-16-9-10-4-6-13(7-5-10)18(20)21/h1-9H,15H2,(H,17,19)/b16-9+. The fourth-order valence-electron chi connectivity index (χ4n) is 1.59. The summed E-state index contributed by atoms with van der Waals surface area (Å²) in [5, 5.41) is 14.3. The van der Waals surface area contributed by atoms with Gasteiger partial charge in [-0.1, -0.05) is 6.07 Å². The van der Waals surface area contributed by atoms with E-state index in [9.17, 15) is 14.9 Å². The Labute approximate surface area is 120 Å². The van der Waals surface area contributed by atoms with E-state index in [0.717, 1.165) is 0 Å². The topological polar surface area (TPSA) is 111 Å². The van der Waals surface area contributed by atoms with Gasteiger partial charge in [-0.25, -0.2) is 5.43 Å². The van der Waals surface area contributed by atoms with Crippen LogP contribution in [0.3, 0.4) is 0 Å². The third-order valence-corrected chi connectivity index (χ3v) is 2.63. The summed E-state index contributed by atoms with van der Waals surface area (Å²) >= 11 is 0. The summed E-state index contributed by atoms with van der Waals surface area (Å²) in [5.41, 5.74) is 9.45. The van der Waals surface area contributed by atoms with Crippen molar-refractivity contribution in [3.8, 4) is 0 Å². The fourth-order valence-corrected chi connectivity index (χ4v) is 1.59. The Morgan fingerprint density at radius 1 is 1.24 bits per heavy atom. The van der Waals surface area contributed by atoms with Crippen molar-refractivity contribution in [2.75, 3.05) is 5.73 Å². The number of anilines is 1. The maximum absolute atomic E-state index is 11.8. The van der Waals surface area contributed by atoms with Crippen molar-refractivity contribution in [1.29, 1.82) is 0 Å². The molecule has 0 bridgehead atoms. The quantitative estimate of drug-likeness (QED) is 0.387. The van der Waals surface area contributed by atoms with Gasteiger partial charge >= 0.3 is 0 Å². The second kappa shape index (κ2) is 6.29. The first-order valence-electron chi connectivity index (χ1n) is 5.99. The number of nitrogens with zero attached hydrogens (tertiary/aromatic N) is 2. The van der Waals surface area contributed by atoms with Crippen LogP contribution in [0.5, 0.6) is 0 Å². The minimum atomic E-state index is -0.484. The summed E-state index contributed by atoms with van der Waals surface area (Å²) in [4.78, 5) is 21.8. The summed E-state index contributed by atoms with van der Waals surface area (Å²) in [6.45, 7) is 0. The number of rotatable bonds is 4. The van der Waals surface area contributed by atoms with E-state index in [0.29, 0.717) is 16.8 Å². The fraction of sp³-hybridized carbons (Fsp3) is 0. The van der Waals surface area contributed by atoms with Gasteiger partial charge in [0.2, 0.25) is 0 Å². The maximum atomic E-state index is 11.8. The van der Waals surface area contributed by atoms with E-state index in [4.69, 9.17) is 5.73 Å². The molecule has 0 spiro atoms. The Hall–Kier alpha value is -3.22. The molecule has 2 rings (SSSR count). The normalized spacial score (nSPS) is 10.5. The van der Waals surface area contributed by atoms with Gasteiger partial charge in [-0.2, -0.15) is 5.10 Å². The summed E-state index contributed by atoms with van der Waals surface area (Å²) < 4.78 is 0. The van der Waals surface area contributed by atoms with Gasteiger partial charge in [0, 0.05) is 23.4 Å². The molecule has 0 radical (unpaired) electrons. The molecular formula is C14H12N4O3. The van der Waals surface area contributed by atoms with Crippen LogP contribution in [-0.4, -0.2) is 17.0 Å². The van der Waals surface area contributed by atoms with Crippen LogP contribution in [0.25, 0.3) is 0 Å². The summed E-state index contributed by atoms with van der Waals surface area (Å²) in [5.74, 6) is -0.388. The predicted octanol–water partition coefficient (Wildman–Crippen LogP) is 1.94. The highest BCUT2D eigenvalue weighted by Crippen LogP contribution is 2.10. The number of nitro benzene ring substituents is 1. The summed E-state index contributed by atoms with van der Waals surface area (Å²) in [6.07, 6.45) is 1.40. The van der Waals surface area contributed by atoms with Gasteiger partial charge in [0.15, 0.2) is 0 Å². The zero-order chi connectivity index (χ0) is 15.2. The first-order chi connectivity index (χ1) is 10.1. The molecule has 0 aliphatic rings. The number of carbonyl (C=O) groups is 1. The molecule has 7 nitrogen and oxygen atoms in total. The number of nitro groups is 1. The summed E-state index contributed by atoms with van der Waals surface area (Å²) in [6, 6.07) is 12.3. The zero-order valence-electron chi connectivity index (χ0n) is 10.9. The lowest BCUT2D eigenvalue weighted by Gasteiger charge is -2.00. The predicted molar refractivity (Wildman–Crippen MR) is 79.0 cm³/mol. The van der Waals surface area contributed by atoms with E-state index in [1.807, 2.05) is 0 Å². The molecule has 0 aliphatic heterocycles. The number of nitrogen functional groups attached to an aromatic ring is 1. The van der Waals surface area contributed by atoms with E-state index in [2.05, 4.69) is 10.5 Å². The molecule has 21 heavy (non-hydrogen) atoms. The number of amides is 1. The molecule has 0 saturated heterocycles. The van der Waals surface area contributed by atoms with E-state index in [-0.39, 0.29) is 11.6 Å². The zero-order valence-corrected chi connectivity index (χ0v) is 10.9. The molecule has 0 atom stereocenters. The first kappa shape index (κ1) is 14.2. The third-order valence-electron chi connectivity index (χ3n) is 2.63. The molecule has 2 aromatic carbocycles. The molecule has 0 unspecified atom stereocenters. The highest BCUT2D eigenvalue weighted by Gasteiger charge is 2.04.